The van der Waals surface area contributed by atoms with Crippen molar-refractivity contribution in [1.29, 1.82) is 0 Å². The highest BCUT2D eigenvalue weighted by atomic mass is 35.5. The minimum Gasteiger partial charge on any atom is -0.497 e. The lowest BCUT2D eigenvalue weighted by atomic mass is 9.86. The third-order valence-electron chi connectivity index (χ3n) is 4.37. The Bertz CT molecular complexity index is 778. The molecular weight excluding hydrogens is 354 g/mol. The number of urea groups is 1. The van der Waals surface area contributed by atoms with E-state index in [9.17, 15) is 9.59 Å². The summed E-state index contributed by atoms with van der Waals surface area (Å²) in [5.74, 6) is 0.666. The van der Waals surface area contributed by atoms with Gasteiger partial charge in [0, 0.05) is 35.6 Å². The lowest BCUT2D eigenvalue weighted by molar-refractivity contribution is -0.123. The molecule has 2 aromatic carbocycles. The second-order valence-corrected chi connectivity index (χ2v) is 6.54. The molecule has 7 heteroatoms. The molecule has 2 aromatic rings. The molecule has 1 saturated heterocycles. The first-order valence-electron chi connectivity index (χ1n) is 8.29. The molecule has 0 bridgehead atoms. The van der Waals surface area contributed by atoms with Crippen LogP contribution in [0.4, 0.5) is 10.5 Å². The summed E-state index contributed by atoms with van der Waals surface area (Å²) in [4.78, 5) is 24.2. The number of anilines is 1. The van der Waals surface area contributed by atoms with Crippen LogP contribution in [0.15, 0.2) is 48.5 Å². The van der Waals surface area contributed by atoms with Crippen molar-refractivity contribution in [3.8, 4) is 5.75 Å². The van der Waals surface area contributed by atoms with E-state index in [2.05, 4.69) is 16.0 Å². The average molecular weight is 374 g/mol. The van der Waals surface area contributed by atoms with Crippen molar-refractivity contribution >= 4 is 29.2 Å². The van der Waals surface area contributed by atoms with Crippen molar-refractivity contribution in [3.63, 3.8) is 0 Å². The molecule has 3 rings (SSSR count). The number of nitrogens with one attached hydrogen (secondary N) is 3. The maximum absolute atomic E-state index is 12.3. The zero-order valence-electron chi connectivity index (χ0n) is 14.3. The number of rotatable bonds is 4. The zero-order chi connectivity index (χ0) is 18.5. The maximum Gasteiger partial charge on any atom is 0.319 e. The number of methoxy groups -OCH3 is 1. The molecule has 2 atom stereocenters. The summed E-state index contributed by atoms with van der Waals surface area (Å²) in [6.07, 6.45) is 0.227. The Balaban J connectivity index is 1.70. The van der Waals surface area contributed by atoms with Crippen LogP contribution in [-0.2, 0) is 4.79 Å². The second-order valence-electron chi connectivity index (χ2n) is 6.10. The SMILES string of the molecule is COc1ccc(C2CNC(=O)C[C@H]2NC(=O)Nc2ccc(Cl)cc2)cc1. The van der Waals surface area contributed by atoms with Gasteiger partial charge in [0.25, 0.3) is 0 Å². The van der Waals surface area contributed by atoms with Crippen LogP contribution in [0.5, 0.6) is 5.75 Å². The van der Waals surface area contributed by atoms with Crippen molar-refractivity contribution in [2.45, 2.75) is 18.4 Å². The fourth-order valence-electron chi connectivity index (χ4n) is 3.00. The first-order chi connectivity index (χ1) is 12.5. The molecular formula is C19H20ClN3O3. The largest absolute Gasteiger partial charge is 0.497 e. The highest BCUT2D eigenvalue weighted by Gasteiger charge is 2.31. The number of halogens is 1. The number of hydrogen-bond acceptors (Lipinski definition) is 3. The fraction of sp³-hybridized carbons (Fsp3) is 0.263. The van der Waals surface area contributed by atoms with E-state index in [1.165, 1.54) is 0 Å². The molecule has 6 nitrogen and oxygen atoms in total. The summed E-state index contributed by atoms with van der Waals surface area (Å²) in [5.41, 5.74) is 1.66. The van der Waals surface area contributed by atoms with E-state index in [4.69, 9.17) is 16.3 Å². The van der Waals surface area contributed by atoms with Crippen LogP contribution in [0, 0.1) is 0 Å². The summed E-state index contributed by atoms with van der Waals surface area (Å²) in [6, 6.07) is 13.8. The molecule has 3 N–H and O–H groups in total. The monoisotopic (exact) mass is 373 g/mol. The molecule has 0 aromatic heterocycles. The van der Waals surface area contributed by atoms with Gasteiger partial charge in [0.2, 0.25) is 5.91 Å². The van der Waals surface area contributed by atoms with Gasteiger partial charge in [-0.25, -0.2) is 4.79 Å². The van der Waals surface area contributed by atoms with E-state index in [0.29, 0.717) is 17.3 Å². The van der Waals surface area contributed by atoms with Gasteiger partial charge in [-0.15, -0.1) is 0 Å². The number of piperidine rings is 1. The van der Waals surface area contributed by atoms with Gasteiger partial charge in [-0.3, -0.25) is 4.79 Å². The standard InChI is InChI=1S/C19H20ClN3O3/c1-26-15-8-2-12(3-9-15)16-11-21-18(24)10-17(16)23-19(25)22-14-6-4-13(20)5-7-14/h2-9,16-17H,10-11H2,1H3,(H,21,24)(H2,22,23,25)/t16?,17-/m1/s1. The molecule has 0 spiro atoms. The van der Waals surface area contributed by atoms with Crippen molar-refractivity contribution < 1.29 is 14.3 Å². The molecule has 1 aliphatic rings. The number of benzene rings is 2. The van der Waals surface area contributed by atoms with Gasteiger partial charge in [-0.05, 0) is 42.0 Å². The molecule has 0 saturated carbocycles. The van der Waals surface area contributed by atoms with E-state index in [1.807, 2.05) is 24.3 Å². The normalized spacial score (nSPS) is 19.4. The predicted octanol–water partition coefficient (Wildman–Crippen LogP) is 3.14. The van der Waals surface area contributed by atoms with Crippen LogP contribution in [0.25, 0.3) is 0 Å². The average Bonchev–Trinajstić information content (AvgIpc) is 2.64. The first kappa shape index (κ1) is 18.1. The number of ether oxygens (including phenoxy) is 1. The van der Waals surface area contributed by atoms with Gasteiger partial charge in [-0.1, -0.05) is 23.7 Å². The Morgan fingerprint density at radius 2 is 1.85 bits per heavy atom. The van der Waals surface area contributed by atoms with E-state index in [1.54, 1.807) is 31.4 Å². The topological polar surface area (TPSA) is 79.5 Å². The van der Waals surface area contributed by atoms with Gasteiger partial charge in [0.1, 0.15) is 5.75 Å². The van der Waals surface area contributed by atoms with Crippen LogP contribution in [0.1, 0.15) is 17.9 Å². The Morgan fingerprint density at radius 1 is 1.15 bits per heavy atom. The number of carbonyl (C=O) groups is 2. The Hall–Kier alpha value is -2.73. The highest BCUT2D eigenvalue weighted by molar-refractivity contribution is 6.30. The fourth-order valence-corrected chi connectivity index (χ4v) is 3.13. The van der Waals surface area contributed by atoms with Crippen LogP contribution >= 0.6 is 11.6 Å². The predicted molar refractivity (Wildman–Crippen MR) is 101 cm³/mol. The van der Waals surface area contributed by atoms with E-state index in [-0.39, 0.29) is 30.3 Å². The quantitative estimate of drug-likeness (QED) is 0.770. The van der Waals surface area contributed by atoms with Crippen LogP contribution in [0.2, 0.25) is 5.02 Å². The number of amides is 3. The lowest BCUT2D eigenvalue weighted by Crippen LogP contribution is -2.51. The summed E-state index contributed by atoms with van der Waals surface area (Å²) in [7, 11) is 1.61. The third kappa shape index (κ3) is 4.46. The van der Waals surface area contributed by atoms with Gasteiger partial charge < -0.3 is 20.7 Å². The van der Waals surface area contributed by atoms with Crippen LogP contribution in [0.3, 0.4) is 0 Å². The van der Waals surface area contributed by atoms with Gasteiger partial charge in [0.15, 0.2) is 0 Å². The Morgan fingerprint density at radius 3 is 2.50 bits per heavy atom. The van der Waals surface area contributed by atoms with Gasteiger partial charge in [0.05, 0.1) is 7.11 Å². The highest BCUT2D eigenvalue weighted by Crippen LogP contribution is 2.26. The van der Waals surface area contributed by atoms with E-state index >= 15 is 0 Å². The van der Waals surface area contributed by atoms with Crippen molar-refractivity contribution in [3.05, 3.63) is 59.1 Å². The number of hydrogen-bond donors (Lipinski definition) is 3. The molecule has 136 valence electrons. The van der Waals surface area contributed by atoms with Crippen LogP contribution < -0.4 is 20.7 Å². The molecule has 1 unspecified atom stereocenters. The minimum absolute atomic E-state index is 0.0189. The second kappa shape index (κ2) is 8.10. The van der Waals surface area contributed by atoms with Crippen molar-refractivity contribution in [2.24, 2.45) is 0 Å². The molecule has 0 aliphatic carbocycles. The summed E-state index contributed by atoms with van der Waals surface area (Å²) >= 11 is 5.85. The smallest absolute Gasteiger partial charge is 0.319 e. The third-order valence-corrected chi connectivity index (χ3v) is 4.62. The molecule has 26 heavy (non-hydrogen) atoms. The van der Waals surface area contributed by atoms with Crippen molar-refractivity contribution in [2.75, 3.05) is 19.0 Å². The van der Waals surface area contributed by atoms with E-state index < -0.39 is 0 Å². The van der Waals surface area contributed by atoms with Crippen LogP contribution in [-0.4, -0.2) is 31.6 Å². The van der Waals surface area contributed by atoms with Crippen molar-refractivity contribution in [1.82, 2.24) is 10.6 Å². The minimum atomic E-state index is -0.356. The molecule has 1 heterocycles. The maximum atomic E-state index is 12.3. The zero-order valence-corrected chi connectivity index (χ0v) is 15.0. The summed E-state index contributed by atoms with van der Waals surface area (Å²) < 4.78 is 5.18. The Labute approximate surface area is 156 Å². The first-order valence-corrected chi connectivity index (χ1v) is 8.66. The Kier molecular flexibility index (Phi) is 5.63. The van der Waals surface area contributed by atoms with E-state index in [0.717, 1.165) is 11.3 Å². The summed E-state index contributed by atoms with van der Waals surface area (Å²) in [6.45, 7) is 0.469. The summed E-state index contributed by atoms with van der Waals surface area (Å²) in [5, 5.41) is 9.13. The molecule has 1 fully saturated rings. The molecule has 1 aliphatic heterocycles. The van der Waals surface area contributed by atoms with Gasteiger partial charge in [-0.2, -0.15) is 0 Å². The molecule has 3 amide bonds. The molecule has 0 radical (unpaired) electrons. The lowest BCUT2D eigenvalue weighted by Gasteiger charge is -2.32. The van der Waals surface area contributed by atoms with Gasteiger partial charge >= 0.3 is 6.03 Å². The number of carbonyl (C=O) groups excluding carboxylic acids is 2.